The number of nitrogens with one attached hydrogen (secondary N) is 1. The molecule has 0 bridgehead atoms. The van der Waals surface area contributed by atoms with Gasteiger partial charge in [0.25, 0.3) is 11.5 Å². The Balaban J connectivity index is 1.48. The number of benzene rings is 2. The van der Waals surface area contributed by atoms with Crippen molar-refractivity contribution in [2.75, 3.05) is 11.9 Å². The van der Waals surface area contributed by atoms with Gasteiger partial charge >= 0.3 is 0 Å². The zero-order valence-electron chi connectivity index (χ0n) is 18.6. The van der Waals surface area contributed by atoms with Crippen LogP contribution in [-0.4, -0.2) is 27.8 Å². The quantitative estimate of drug-likeness (QED) is 0.674. The monoisotopic (exact) mass is 440 g/mol. The molecule has 4 rings (SSSR count). The van der Waals surface area contributed by atoms with Crippen molar-refractivity contribution in [1.29, 1.82) is 5.26 Å². The Morgan fingerprint density at radius 2 is 1.82 bits per heavy atom. The summed E-state index contributed by atoms with van der Waals surface area (Å²) in [5.74, 6) is -0.505. The Labute approximate surface area is 191 Å². The summed E-state index contributed by atoms with van der Waals surface area (Å²) in [7, 11) is 0. The molecule has 2 amide bonds. The third-order valence-corrected chi connectivity index (χ3v) is 5.93. The molecule has 0 aliphatic carbocycles. The Hall–Kier alpha value is -4.18. The largest absolute Gasteiger partial charge is 0.334 e. The normalized spacial score (nSPS) is 12.6. The SMILES string of the molecule is Cc1cc(C)n(CC(=O)Nc2cccc(C(=O)N3CCc4ccccc4C3)c2)c(=O)c1C#N. The van der Waals surface area contributed by atoms with Crippen LogP contribution in [0.3, 0.4) is 0 Å². The highest BCUT2D eigenvalue weighted by atomic mass is 16.2. The molecule has 3 aromatic rings. The van der Waals surface area contributed by atoms with Crippen LogP contribution in [-0.2, 0) is 24.3 Å². The van der Waals surface area contributed by atoms with Crippen LogP contribution in [0.1, 0.15) is 38.3 Å². The molecule has 33 heavy (non-hydrogen) atoms. The minimum Gasteiger partial charge on any atom is -0.334 e. The predicted octanol–water partition coefficient (Wildman–Crippen LogP) is 3.17. The second kappa shape index (κ2) is 9.13. The Kier molecular flexibility index (Phi) is 6.09. The molecule has 0 saturated carbocycles. The molecule has 1 aliphatic rings. The molecule has 0 atom stereocenters. The minimum absolute atomic E-state index is 0.0316. The number of amides is 2. The summed E-state index contributed by atoms with van der Waals surface area (Å²) < 4.78 is 1.28. The molecule has 166 valence electrons. The molecule has 0 saturated heterocycles. The molecule has 0 unspecified atom stereocenters. The Morgan fingerprint density at radius 1 is 1.06 bits per heavy atom. The van der Waals surface area contributed by atoms with E-state index in [4.69, 9.17) is 0 Å². The van der Waals surface area contributed by atoms with Crippen molar-refractivity contribution >= 4 is 17.5 Å². The average molecular weight is 441 g/mol. The number of carbonyl (C=O) groups is 2. The van der Waals surface area contributed by atoms with Gasteiger partial charge in [0.15, 0.2) is 0 Å². The van der Waals surface area contributed by atoms with Gasteiger partial charge in [0.2, 0.25) is 5.91 Å². The number of fused-ring (bicyclic) bond motifs is 1. The molecule has 1 aromatic heterocycles. The van der Waals surface area contributed by atoms with Crippen LogP contribution in [0.15, 0.2) is 59.4 Å². The molecule has 7 heteroatoms. The van der Waals surface area contributed by atoms with E-state index >= 15 is 0 Å². The number of hydrogen-bond acceptors (Lipinski definition) is 4. The molecule has 1 N–H and O–H groups in total. The fraction of sp³-hybridized carbons (Fsp3) is 0.231. The fourth-order valence-electron chi connectivity index (χ4n) is 4.19. The van der Waals surface area contributed by atoms with Gasteiger partial charge in [-0.1, -0.05) is 30.3 Å². The highest BCUT2D eigenvalue weighted by Gasteiger charge is 2.22. The number of nitriles is 1. The van der Waals surface area contributed by atoms with Gasteiger partial charge in [0.1, 0.15) is 18.2 Å². The second-order valence-electron chi connectivity index (χ2n) is 8.22. The summed E-state index contributed by atoms with van der Waals surface area (Å²) in [6.45, 7) is 4.39. The lowest BCUT2D eigenvalue weighted by molar-refractivity contribution is -0.116. The number of aromatic nitrogens is 1. The average Bonchev–Trinajstić information content (AvgIpc) is 2.81. The zero-order chi connectivity index (χ0) is 23.5. The molecule has 7 nitrogen and oxygen atoms in total. The summed E-state index contributed by atoms with van der Waals surface area (Å²) in [5.41, 5.74) is 4.11. The Bertz CT molecular complexity index is 1350. The van der Waals surface area contributed by atoms with Crippen molar-refractivity contribution < 1.29 is 9.59 Å². The van der Waals surface area contributed by atoms with E-state index in [1.165, 1.54) is 10.1 Å². The zero-order valence-corrected chi connectivity index (χ0v) is 18.6. The van der Waals surface area contributed by atoms with Crippen molar-refractivity contribution in [2.24, 2.45) is 0 Å². The van der Waals surface area contributed by atoms with E-state index in [0.717, 1.165) is 12.0 Å². The van der Waals surface area contributed by atoms with Gasteiger partial charge in [-0.15, -0.1) is 0 Å². The highest BCUT2D eigenvalue weighted by Crippen LogP contribution is 2.21. The molecule has 1 aliphatic heterocycles. The van der Waals surface area contributed by atoms with Gasteiger partial charge in [-0.3, -0.25) is 14.4 Å². The van der Waals surface area contributed by atoms with Gasteiger partial charge in [0, 0.05) is 30.0 Å². The second-order valence-corrected chi connectivity index (χ2v) is 8.22. The van der Waals surface area contributed by atoms with Crippen LogP contribution in [0, 0.1) is 25.2 Å². The van der Waals surface area contributed by atoms with Crippen LogP contribution >= 0.6 is 0 Å². The van der Waals surface area contributed by atoms with E-state index in [1.54, 1.807) is 44.2 Å². The van der Waals surface area contributed by atoms with Crippen LogP contribution in [0.4, 0.5) is 5.69 Å². The topological polar surface area (TPSA) is 95.2 Å². The van der Waals surface area contributed by atoms with Crippen LogP contribution in [0.5, 0.6) is 0 Å². The fourth-order valence-corrected chi connectivity index (χ4v) is 4.19. The summed E-state index contributed by atoms with van der Waals surface area (Å²) in [5, 5.41) is 12.0. The predicted molar refractivity (Wildman–Crippen MR) is 125 cm³/mol. The van der Waals surface area contributed by atoms with Crippen molar-refractivity contribution in [2.45, 2.75) is 33.4 Å². The van der Waals surface area contributed by atoms with Crippen molar-refractivity contribution in [3.8, 4) is 6.07 Å². The van der Waals surface area contributed by atoms with E-state index in [9.17, 15) is 19.6 Å². The number of anilines is 1. The third-order valence-electron chi connectivity index (χ3n) is 5.93. The first-order valence-electron chi connectivity index (χ1n) is 10.7. The summed E-state index contributed by atoms with van der Waals surface area (Å²) in [6, 6.07) is 18.5. The lowest BCUT2D eigenvalue weighted by Crippen LogP contribution is -2.36. The van der Waals surface area contributed by atoms with Crippen LogP contribution in [0.25, 0.3) is 0 Å². The molecule has 0 spiro atoms. The number of aryl methyl sites for hydroxylation is 2. The first-order chi connectivity index (χ1) is 15.9. The summed E-state index contributed by atoms with van der Waals surface area (Å²) in [6.07, 6.45) is 0.813. The van der Waals surface area contributed by atoms with E-state index in [0.29, 0.717) is 35.6 Å². The van der Waals surface area contributed by atoms with Gasteiger partial charge in [-0.05, 0) is 61.2 Å². The smallest absolute Gasteiger partial charge is 0.269 e. The van der Waals surface area contributed by atoms with Gasteiger partial charge < -0.3 is 14.8 Å². The molecule has 0 fully saturated rings. The number of nitrogens with zero attached hydrogens (tertiary/aromatic N) is 3. The number of hydrogen-bond donors (Lipinski definition) is 1. The highest BCUT2D eigenvalue weighted by molar-refractivity contribution is 5.97. The molecule has 0 radical (unpaired) electrons. The maximum absolute atomic E-state index is 13.1. The number of pyridine rings is 1. The molecular weight excluding hydrogens is 416 g/mol. The minimum atomic E-state index is -0.487. The maximum atomic E-state index is 13.1. The molecule has 2 heterocycles. The van der Waals surface area contributed by atoms with E-state index in [1.807, 2.05) is 29.2 Å². The van der Waals surface area contributed by atoms with Gasteiger partial charge in [-0.25, -0.2) is 0 Å². The maximum Gasteiger partial charge on any atom is 0.269 e. The summed E-state index contributed by atoms with van der Waals surface area (Å²) >= 11 is 0. The first kappa shape index (κ1) is 22.0. The number of carbonyl (C=O) groups excluding carboxylic acids is 2. The van der Waals surface area contributed by atoms with Crippen LogP contribution in [0.2, 0.25) is 0 Å². The third kappa shape index (κ3) is 4.55. The Morgan fingerprint density at radius 3 is 2.58 bits per heavy atom. The molecular formula is C26H24N4O3. The first-order valence-corrected chi connectivity index (χ1v) is 10.7. The van der Waals surface area contributed by atoms with E-state index in [2.05, 4.69) is 11.4 Å². The van der Waals surface area contributed by atoms with Gasteiger partial charge in [-0.2, -0.15) is 5.26 Å². The lowest BCUT2D eigenvalue weighted by atomic mass is 9.99. The van der Waals surface area contributed by atoms with Crippen LogP contribution < -0.4 is 10.9 Å². The standard InChI is InChI=1S/C26H24N4O3/c1-17-12-18(2)30(26(33)23(17)14-27)16-24(31)28-22-9-5-8-20(13-22)25(32)29-11-10-19-6-3-4-7-21(19)15-29/h3-9,12-13H,10-11,15-16H2,1-2H3,(H,28,31). The van der Waals surface area contributed by atoms with Crippen molar-refractivity contribution in [3.05, 3.63) is 98.5 Å². The van der Waals surface area contributed by atoms with E-state index in [-0.39, 0.29) is 18.0 Å². The molecule has 2 aromatic carbocycles. The summed E-state index contributed by atoms with van der Waals surface area (Å²) in [4.78, 5) is 40.1. The van der Waals surface area contributed by atoms with Gasteiger partial charge in [0.05, 0.1) is 0 Å². The van der Waals surface area contributed by atoms with Crippen molar-refractivity contribution in [3.63, 3.8) is 0 Å². The van der Waals surface area contributed by atoms with E-state index < -0.39 is 11.5 Å². The lowest BCUT2D eigenvalue weighted by Gasteiger charge is -2.29. The van der Waals surface area contributed by atoms with Crippen molar-refractivity contribution in [1.82, 2.24) is 9.47 Å². The number of rotatable bonds is 4.